The lowest BCUT2D eigenvalue weighted by atomic mass is 10.2. The van der Waals surface area contributed by atoms with Crippen molar-refractivity contribution >= 4 is 10.9 Å². The zero-order chi connectivity index (χ0) is 10.8. The van der Waals surface area contributed by atoms with E-state index in [9.17, 15) is 0 Å². The van der Waals surface area contributed by atoms with Crippen molar-refractivity contribution in [3.63, 3.8) is 0 Å². The molecule has 0 bridgehead atoms. The molecule has 2 aromatic heterocycles. The summed E-state index contributed by atoms with van der Waals surface area (Å²) in [6, 6.07) is 7.84. The van der Waals surface area contributed by atoms with Crippen molar-refractivity contribution < 1.29 is 9.26 Å². The predicted molar refractivity (Wildman–Crippen MR) is 56.9 cm³/mol. The van der Waals surface area contributed by atoms with Crippen LogP contribution in [-0.2, 0) is 6.61 Å². The molecule has 0 radical (unpaired) electrons. The number of hydrogen-bond donors (Lipinski definition) is 1. The van der Waals surface area contributed by atoms with Gasteiger partial charge in [0.15, 0.2) is 6.61 Å². The van der Waals surface area contributed by atoms with E-state index in [4.69, 9.17) is 4.74 Å². The Morgan fingerprint density at radius 2 is 2.31 bits per heavy atom. The molecule has 3 aromatic rings. The Morgan fingerprint density at radius 3 is 3.19 bits per heavy atom. The van der Waals surface area contributed by atoms with Gasteiger partial charge in [0.05, 0.1) is 0 Å². The summed E-state index contributed by atoms with van der Waals surface area (Å²) in [4.78, 5) is 7.00. The summed E-state index contributed by atoms with van der Waals surface area (Å²) in [5, 5.41) is 4.78. The standard InChI is InChI=1S/C11H9N3O2/c1-2-10-8(3-4-12-10)5-9(1)15-6-11-13-7-16-14-11/h1-5,7,12H,6H2. The third kappa shape index (κ3) is 1.63. The van der Waals surface area contributed by atoms with E-state index in [1.54, 1.807) is 0 Å². The lowest BCUT2D eigenvalue weighted by Gasteiger charge is -2.02. The van der Waals surface area contributed by atoms with Gasteiger partial charge in [0, 0.05) is 17.1 Å². The minimum absolute atomic E-state index is 0.312. The van der Waals surface area contributed by atoms with Gasteiger partial charge < -0.3 is 14.2 Å². The summed E-state index contributed by atoms with van der Waals surface area (Å²) < 4.78 is 10.1. The van der Waals surface area contributed by atoms with E-state index < -0.39 is 0 Å². The third-order valence-electron chi connectivity index (χ3n) is 2.30. The number of ether oxygens (including phenoxy) is 1. The highest BCUT2D eigenvalue weighted by molar-refractivity contribution is 5.80. The highest BCUT2D eigenvalue weighted by Gasteiger charge is 2.01. The Balaban J connectivity index is 1.78. The molecular formula is C11H9N3O2. The minimum Gasteiger partial charge on any atom is -0.485 e. The maximum atomic E-state index is 5.53. The molecule has 0 saturated heterocycles. The van der Waals surface area contributed by atoms with E-state index in [2.05, 4.69) is 19.6 Å². The van der Waals surface area contributed by atoms with Gasteiger partial charge in [-0.15, -0.1) is 0 Å². The first kappa shape index (κ1) is 8.96. The van der Waals surface area contributed by atoms with Crippen LogP contribution < -0.4 is 4.74 Å². The number of benzene rings is 1. The summed E-state index contributed by atoms with van der Waals surface area (Å²) >= 11 is 0. The van der Waals surface area contributed by atoms with Gasteiger partial charge in [-0.3, -0.25) is 0 Å². The molecule has 2 heterocycles. The second kappa shape index (κ2) is 3.69. The van der Waals surface area contributed by atoms with E-state index in [1.807, 2.05) is 30.5 Å². The summed E-state index contributed by atoms with van der Waals surface area (Å²) in [6.45, 7) is 0.312. The number of aromatic amines is 1. The lowest BCUT2D eigenvalue weighted by molar-refractivity contribution is 0.287. The molecule has 5 heteroatoms. The first-order valence-electron chi connectivity index (χ1n) is 4.87. The van der Waals surface area contributed by atoms with Crippen LogP contribution >= 0.6 is 0 Å². The van der Waals surface area contributed by atoms with Crippen LogP contribution in [-0.4, -0.2) is 15.1 Å². The Bertz CT molecular complexity index is 586. The smallest absolute Gasteiger partial charge is 0.213 e. The molecule has 3 rings (SSSR count). The van der Waals surface area contributed by atoms with Crippen molar-refractivity contribution in [2.24, 2.45) is 0 Å². The van der Waals surface area contributed by atoms with E-state index >= 15 is 0 Å². The number of rotatable bonds is 3. The van der Waals surface area contributed by atoms with E-state index in [0.717, 1.165) is 16.7 Å². The van der Waals surface area contributed by atoms with Crippen LogP contribution in [0.25, 0.3) is 10.9 Å². The summed E-state index contributed by atoms with van der Waals surface area (Å²) in [5.41, 5.74) is 1.09. The van der Waals surface area contributed by atoms with Gasteiger partial charge in [0.1, 0.15) is 5.75 Å². The van der Waals surface area contributed by atoms with Crippen molar-refractivity contribution in [3.05, 3.63) is 42.7 Å². The van der Waals surface area contributed by atoms with Gasteiger partial charge in [-0.05, 0) is 24.3 Å². The first-order valence-corrected chi connectivity index (χ1v) is 4.87. The van der Waals surface area contributed by atoms with Crippen LogP contribution in [0.1, 0.15) is 5.82 Å². The van der Waals surface area contributed by atoms with E-state index in [0.29, 0.717) is 12.4 Å². The van der Waals surface area contributed by atoms with Crippen LogP contribution in [0.15, 0.2) is 41.4 Å². The van der Waals surface area contributed by atoms with Crippen molar-refractivity contribution in [1.82, 2.24) is 15.1 Å². The molecule has 5 nitrogen and oxygen atoms in total. The molecular weight excluding hydrogens is 206 g/mol. The van der Waals surface area contributed by atoms with Crippen LogP contribution in [0.5, 0.6) is 5.75 Å². The fraction of sp³-hybridized carbons (Fsp3) is 0.0909. The molecule has 1 N–H and O–H groups in total. The lowest BCUT2D eigenvalue weighted by Crippen LogP contribution is -1.96. The van der Waals surface area contributed by atoms with Gasteiger partial charge in [0.2, 0.25) is 12.2 Å². The normalized spacial score (nSPS) is 10.8. The van der Waals surface area contributed by atoms with Crippen molar-refractivity contribution in [2.75, 3.05) is 0 Å². The maximum Gasteiger partial charge on any atom is 0.213 e. The average Bonchev–Trinajstić information content (AvgIpc) is 2.97. The molecule has 0 unspecified atom stereocenters. The fourth-order valence-electron chi connectivity index (χ4n) is 1.53. The predicted octanol–water partition coefficient (Wildman–Crippen LogP) is 2.13. The molecule has 0 aliphatic carbocycles. The van der Waals surface area contributed by atoms with Gasteiger partial charge >= 0.3 is 0 Å². The average molecular weight is 215 g/mol. The molecule has 0 saturated carbocycles. The topological polar surface area (TPSA) is 63.9 Å². The van der Waals surface area contributed by atoms with Crippen LogP contribution in [0.2, 0.25) is 0 Å². The van der Waals surface area contributed by atoms with Gasteiger partial charge in [0.25, 0.3) is 0 Å². The molecule has 80 valence electrons. The van der Waals surface area contributed by atoms with Gasteiger partial charge in [-0.1, -0.05) is 5.16 Å². The summed E-state index contributed by atoms with van der Waals surface area (Å²) in [6.07, 6.45) is 3.18. The second-order valence-electron chi connectivity index (χ2n) is 3.36. The fourth-order valence-corrected chi connectivity index (χ4v) is 1.53. The molecule has 0 spiro atoms. The quantitative estimate of drug-likeness (QED) is 0.726. The SMILES string of the molecule is c1cc2cc(OCc3ncon3)ccc2[nH]1. The summed E-state index contributed by atoms with van der Waals surface area (Å²) in [5.74, 6) is 1.33. The highest BCUT2D eigenvalue weighted by Crippen LogP contribution is 2.20. The van der Waals surface area contributed by atoms with Gasteiger partial charge in [-0.25, -0.2) is 0 Å². The molecule has 0 fully saturated rings. The molecule has 0 atom stereocenters. The molecule has 16 heavy (non-hydrogen) atoms. The zero-order valence-corrected chi connectivity index (χ0v) is 8.38. The van der Waals surface area contributed by atoms with E-state index in [-0.39, 0.29) is 0 Å². The van der Waals surface area contributed by atoms with Crippen LogP contribution in [0.3, 0.4) is 0 Å². The minimum atomic E-state index is 0.312. The number of nitrogens with one attached hydrogen (secondary N) is 1. The Kier molecular flexibility index (Phi) is 2.07. The number of nitrogens with zero attached hydrogens (tertiary/aromatic N) is 2. The Hall–Kier alpha value is -2.30. The Morgan fingerprint density at radius 1 is 1.31 bits per heavy atom. The monoisotopic (exact) mass is 215 g/mol. The Labute approximate surface area is 91.0 Å². The number of aromatic nitrogens is 3. The van der Waals surface area contributed by atoms with Crippen LogP contribution in [0.4, 0.5) is 0 Å². The molecule has 0 aliphatic heterocycles. The number of fused-ring (bicyclic) bond motifs is 1. The van der Waals surface area contributed by atoms with E-state index in [1.165, 1.54) is 6.39 Å². The highest BCUT2D eigenvalue weighted by atomic mass is 16.5. The molecule has 0 amide bonds. The number of H-pyrrole nitrogens is 1. The maximum absolute atomic E-state index is 5.53. The van der Waals surface area contributed by atoms with Crippen molar-refractivity contribution in [3.8, 4) is 5.75 Å². The zero-order valence-electron chi connectivity index (χ0n) is 8.38. The summed E-state index contributed by atoms with van der Waals surface area (Å²) in [7, 11) is 0. The largest absolute Gasteiger partial charge is 0.485 e. The molecule has 1 aromatic carbocycles. The van der Waals surface area contributed by atoms with Crippen molar-refractivity contribution in [2.45, 2.75) is 6.61 Å². The van der Waals surface area contributed by atoms with Crippen molar-refractivity contribution in [1.29, 1.82) is 0 Å². The number of hydrogen-bond acceptors (Lipinski definition) is 4. The van der Waals surface area contributed by atoms with Gasteiger partial charge in [-0.2, -0.15) is 4.98 Å². The molecule has 0 aliphatic rings. The second-order valence-corrected chi connectivity index (χ2v) is 3.36. The van der Waals surface area contributed by atoms with Crippen LogP contribution in [0, 0.1) is 0 Å². The third-order valence-corrected chi connectivity index (χ3v) is 2.30. The first-order chi connectivity index (χ1) is 7.92.